The van der Waals surface area contributed by atoms with E-state index in [1.54, 1.807) is 38.1 Å². The Kier molecular flexibility index (Phi) is 3.21. The zero-order valence-electron chi connectivity index (χ0n) is 10.6. The molecule has 5 heteroatoms. The Balaban J connectivity index is 2.36. The van der Waals surface area contributed by atoms with Crippen molar-refractivity contribution in [3.8, 4) is 0 Å². The van der Waals surface area contributed by atoms with Gasteiger partial charge in [-0.3, -0.25) is 14.4 Å². The molecule has 0 bridgehead atoms. The number of imide groups is 1. The summed E-state index contributed by atoms with van der Waals surface area (Å²) >= 11 is 0. The smallest absolute Gasteiger partial charge is 0.307 e. The first kappa shape index (κ1) is 13.0. The molecule has 98 valence electrons. The van der Waals surface area contributed by atoms with Gasteiger partial charge in [0.15, 0.2) is 0 Å². The fourth-order valence-corrected chi connectivity index (χ4v) is 1.96. The molecular formula is C14H13NO4. The second kappa shape index (κ2) is 4.68. The van der Waals surface area contributed by atoms with Crippen LogP contribution in [0, 0.1) is 0 Å². The number of carboxylic acids is 1. The monoisotopic (exact) mass is 259 g/mol. The molecule has 1 aromatic rings. The van der Waals surface area contributed by atoms with Gasteiger partial charge in [-0.25, -0.2) is 4.90 Å². The van der Waals surface area contributed by atoms with Crippen LogP contribution in [0.25, 0.3) is 0 Å². The molecule has 1 heterocycles. The van der Waals surface area contributed by atoms with Gasteiger partial charge in [0.05, 0.1) is 12.1 Å². The summed E-state index contributed by atoms with van der Waals surface area (Å²) in [5.41, 5.74) is 1.81. The van der Waals surface area contributed by atoms with Crippen molar-refractivity contribution in [2.45, 2.75) is 20.3 Å². The van der Waals surface area contributed by atoms with Gasteiger partial charge in [-0.05, 0) is 31.5 Å². The number of benzene rings is 1. The van der Waals surface area contributed by atoms with E-state index in [-0.39, 0.29) is 18.2 Å². The summed E-state index contributed by atoms with van der Waals surface area (Å²) in [5, 5.41) is 8.76. The second-order valence-corrected chi connectivity index (χ2v) is 4.44. The topological polar surface area (TPSA) is 74.7 Å². The molecular weight excluding hydrogens is 246 g/mol. The van der Waals surface area contributed by atoms with Crippen LogP contribution in [0.15, 0.2) is 35.4 Å². The maximum Gasteiger partial charge on any atom is 0.307 e. The van der Waals surface area contributed by atoms with Gasteiger partial charge in [0.2, 0.25) is 0 Å². The zero-order chi connectivity index (χ0) is 14.2. The average molecular weight is 259 g/mol. The fraction of sp³-hybridized carbons (Fsp3) is 0.214. The summed E-state index contributed by atoms with van der Waals surface area (Å²) in [6, 6.07) is 6.45. The molecule has 0 aliphatic carbocycles. The van der Waals surface area contributed by atoms with Crippen LogP contribution < -0.4 is 4.90 Å². The minimum Gasteiger partial charge on any atom is -0.481 e. The molecule has 1 aromatic carbocycles. The maximum absolute atomic E-state index is 12.0. The highest BCUT2D eigenvalue weighted by Crippen LogP contribution is 2.27. The lowest BCUT2D eigenvalue weighted by atomic mass is 10.1. The SMILES string of the molecule is CC1=C(C)C(=O)N(c2cccc(CC(=O)O)c2)C1=O. The van der Waals surface area contributed by atoms with Crippen LogP contribution in [0.2, 0.25) is 0 Å². The number of hydrogen-bond donors (Lipinski definition) is 1. The second-order valence-electron chi connectivity index (χ2n) is 4.44. The molecule has 2 rings (SSSR count). The van der Waals surface area contributed by atoms with Crippen molar-refractivity contribution in [3.63, 3.8) is 0 Å². The Morgan fingerprint density at radius 2 is 1.74 bits per heavy atom. The Bertz CT molecular complexity index is 592. The summed E-state index contributed by atoms with van der Waals surface area (Å²) in [4.78, 5) is 35.7. The van der Waals surface area contributed by atoms with Crippen LogP contribution in [-0.2, 0) is 20.8 Å². The van der Waals surface area contributed by atoms with Crippen LogP contribution in [0.1, 0.15) is 19.4 Å². The molecule has 1 N–H and O–H groups in total. The highest BCUT2D eigenvalue weighted by atomic mass is 16.4. The molecule has 0 radical (unpaired) electrons. The number of carboxylic acid groups (broad SMARTS) is 1. The van der Waals surface area contributed by atoms with Crippen molar-refractivity contribution in [1.82, 2.24) is 0 Å². The highest BCUT2D eigenvalue weighted by molar-refractivity contribution is 6.32. The predicted octanol–water partition coefficient (Wildman–Crippen LogP) is 1.52. The first-order valence-corrected chi connectivity index (χ1v) is 5.79. The van der Waals surface area contributed by atoms with Gasteiger partial charge in [-0.1, -0.05) is 12.1 Å². The third-order valence-electron chi connectivity index (χ3n) is 3.13. The normalized spacial score (nSPS) is 15.4. The fourth-order valence-electron chi connectivity index (χ4n) is 1.96. The van der Waals surface area contributed by atoms with E-state index in [4.69, 9.17) is 5.11 Å². The summed E-state index contributed by atoms with van der Waals surface area (Å²) in [7, 11) is 0. The molecule has 0 aromatic heterocycles. The van der Waals surface area contributed by atoms with Crippen LogP contribution in [0.3, 0.4) is 0 Å². The summed E-state index contributed by atoms with van der Waals surface area (Å²) in [5.74, 6) is -1.66. The molecule has 19 heavy (non-hydrogen) atoms. The van der Waals surface area contributed by atoms with Gasteiger partial charge in [0, 0.05) is 11.1 Å². The van der Waals surface area contributed by atoms with E-state index >= 15 is 0 Å². The number of anilines is 1. The van der Waals surface area contributed by atoms with E-state index in [2.05, 4.69) is 0 Å². The molecule has 0 spiro atoms. The molecule has 0 unspecified atom stereocenters. The van der Waals surface area contributed by atoms with Gasteiger partial charge >= 0.3 is 5.97 Å². The van der Waals surface area contributed by atoms with Gasteiger partial charge < -0.3 is 5.11 Å². The number of carbonyl (C=O) groups excluding carboxylic acids is 2. The van der Waals surface area contributed by atoms with Gasteiger partial charge in [0.25, 0.3) is 11.8 Å². The summed E-state index contributed by atoms with van der Waals surface area (Å²) < 4.78 is 0. The lowest BCUT2D eigenvalue weighted by molar-refractivity contribution is -0.136. The minimum absolute atomic E-state index is 0.143. The van der Waals surface area contributed by atoms with Crippen molar-refractivity contribution >= 4 is 23.5 Å². The molecule has 1 aliphatic heterocycles. The van der Waals surface area contributed by atoms with Crippen LogP contribution in [0.4, 0.5) is 5.69 Å². The zero-order valence-corrected chi connectivity index (χ0v) is 10.6. The predicted molar refractivity (Wildman–Crippen MR) is 68.6 cm³/mol. The molecule has 0 saturated carbocycles. The molecule has 0 atom stereocenters. The van der Waals surface area contributed by atoms with Gasteiger partial charge in [-0.2, -0.15) is 0 Å². The van der Waals surface area contributed by atoms with E-state index < -0.39 is 5.97 Å². The number of hydrogen-bond acceptors (Lipinski definition) is 3. The first-order chi connectivity index (χ1) is 8.91. The molecule has 0 fully saturated rings. The average Bonchev–Trinajstić information content (AvgIpc) is 2.53. The first-order valence-electron chi connectivity index (χ1n) is 5.79. The Morgan fingerprint density at radius 3 is 2.26 bits per heavy atom. The summed E-state index contributed by atoms with van der Waals surface area (Å²) in [6.45, 7) is 3.22. The number of nitrogens with zero attached hydrogens (tertiary/aromatic N) is 1. The van der Waals surface area contributed by atoms with Crippen molar-refractivity contribution in [2.75, 3.05) is 4.90 Å². The standard InChI is InChI=1S/C14H13NO4/c1-8-9(2)14(19)15(13(8)18)11-5-3-4-10(6-11)7-12(16)17/h3-6H,7H2,1-2H3,(H,16,17). The van der Waals surface area contributed by atoms with Crippen molar-refractivity contribution in [1.29, 1.82) is 0 Å². The lowest BCUT2D eigenvalue weighted by Gasteiger charge is -2.15. The number of rotatable bonds is 3. The minimum atomic E-state index is -0.957. The molecule has 5 nitrogen and oxygen atoms in total. The number of amides is 2. The third-order valence-corrected chi connectivity index (χ3v) is 3.13. The molecule has 0 saturated heterocycles. The lowest BCUT2D eigenvalue weighted by Crippen LogP contribution is -2.31. The molecule has 1 aliphatic rings. The van der Waals surface area contributed by atoms with Crippen LogP contribution in [-0.4, -0.2) is 22.9 Å². The Labute approximate surface area is 110 Å². The van der Waals surface area contributed by atoms with Gasteiger partial charge in [-0.15, -0.1) is 0 Å². The van der Waals surface area contributed by atoms with Crippen LogP contribution >= 0.6 is 0 Å². The Hall–Kier alpha value is -2.43. The maximum atomic E-state index is 12.0. The number of aliphatic carboxylic acids is 1. The largest absolute Gasteiger partial charge is 0.481 e. The van der Waals surface area contributed by atoms with Gasteiger partial charge in [0.1, 0.15) is 0 Å². The van der Waals surface area contributed by atoms with Crippen molar-refractivity contribution in [3.05, 3.63) is 41.0 Å². The van der Waals surface area contributed by atoms with E-state index in [9.17, 15) is 14.4 Å². The summed E-state index contributed by atoms with van der Waals surface area (Å²) in [6.07, 6.45) is -0.143. The molecule has 2 amide bonds. The number of carbonyl (C=O) groups is 3. The quantitative estimate of drug-likeness (QED) is 0.835. The van der Waals surface area contributed by atoms with E-state index in [0.717, 1.165) is 4.90 Å². The van der Waals surface area contributed by atoms with Crippen LogP contribution in [0.5, 0.6) is 0 Å². The Morgan fingerprint density at radius 1 is 1.16 bits per heavy atom. The van der Waals surface area contributed by atoms with E-state index in [0.29, 0.717) is 22.4 Å². The van der Waals surface area contributed by atoms with Crippen molar-refractivity contribution in [2.24, 2.45) is 0 Å². The van der Waals surface area contributed by atoms with Crippen molar-refractivity contribution < 1.29 is 19.5 Å². The third kappa shape index (κ3) is 2.27. The highest BCUT2D eigenvalue weighted by Gasteiger charge is 2.34. The van der Waals surface area contributed by atoms with E-state index in [1.165, 1.54) is 0 Å². The van der Waals surface area contributed by atoms with E-state index in [1.807, 2.05) is 0 Å².